The first kappa shape index (κ1) is 48.7. The summed E-state index contributed by atoms with van der Waals surface area (Å²) < 4.78 is 0. The number of hydrogen-bond acceptors (Lipinski definition) is 8. The fraction of sp³-hybridized carbons (Fsp3) is 0.550. The lowest BCUT2D eigenvalue weighted by Crippen LogP contribution is -2.03. The zero-order valence-corrected chi connectivity index (χ0v) is 29.7. The van der Waals surface area contributed by atoms with Gasteiger partial charge in [-0.25, -0.2) is 0 Å². The Bertz CT molecular complexity index is 957. The average molecular weight is 705 g/mol. The van der Waals surface area contributed by atoms with E-state index >= 15 is 0 Å². The van der Waals surface area contributed by atoms with Crippen LogP contribution in [0.25, 0.3) is 0 Å². The van der Waals surface area contributed by atoms with Crippen molar-refractivity contribution in [3.8, 4) is 0 Å². The first-order valence-corrected chi connectivity index (χ1v) is 17.8. The fourth-order valence-electron chi connectivity index (χ4n) is 4.11. The largest absolute Gasteiger partial charge is 0.481 e. The summed E-state index contributed by atoms with van der Waals surface area (Å²) in [6.45, 7) is 0.499. The molecule has 50 heavy (non-hydrogen) atoms. The Labute approximate surface area is 299 Å². The summed E-state index contributed by atoms with van der Waals surface area (Å²) in [6, 6.07) is 0. The number of unbranched alkanes of at least 4 members (excludes halogenated alkanes) is 6. The van der Waals surface area contributed by atoms with Crippen LogP contribution in [0.2, 0.25) is 0 Å². The molecule has 0 saturated heterocycles. The summed E-state index contributed by atoms with van der Waals surface area (Å²) in [5.74, 6) is -1.70. The minimum atomic E-state index is -0.851. The molecule has 0 radical (unpaired) electrons. The van der Waals surface area contributed by atoms with Gasteiger partial charge < -0.3 is 40.9 Å². The van der Waals surface area contributed by atoms with E-state index in [0.717, 1.165) is 51.4 Å². The molecule has 0 spiro atoms. The predicted octanol–water partition coefficient (Wildman–Crippen LogP) is 6.26. The van der Waals surface area contributed by atoms with Gasteiger partial charge in [-0.2, -0.15) is 0 Å². The molecule has 8 N–H and O–H groups in total. The second kappa shape index (κ2) is 38.4. The zero-order valence-electron chi connectivity index (χ0n) is 29.7. The number of carbonyl (C=O) groups is 2. The van der Waals surface area contributed by atoms with Crippen molar-refractivity contribution in [2.75, 3.05) is 13.2 Å². The van der Waals surface area contributed by atoms with Gasteiger partial charge in [-0.1, -0.05) is 110 Å². The molecule has 0 aromatic heterocycles. The van der Waals surface area contributed by atoms with Crippen LogP contribution in [-0.2, 0) is 9.59 Å². The number of aliphatic hydroxyl groups is 6. The standard InChI is InChI=1S/2C20H32O5/c2*21-17-10-6-2-1-3-7-12-18(22)13-8-4-5-9-14-19(23)15-11-16-20(24)25/h2*3-5,7-9,13-14,18-19,21-23H,1-2,6,10-12,15-17H2,(H,24,25)/t2*18-,19-/m11/s1. The Morgan fingerprint density at radius 3 is 1.08 bits per heavy atom. The van der Waals surface area contributed by atoms with Gasteiger partial charge in [0.1, 0.15) is 0 Å². The molecule has 0 bridgehead atoms. The van der Waals surface area contributed by atoms with Crippen LogP contribution in [0.3, 0.4) is 0 Å². The summed E-state index contributed by atoms with van der Waals surface area (Å²) in [7, 11) is 0. The van der Waals surface area contributed by atoms with E-state index in [-0.39, 0.29) is 26.1 Å². The van der Waals surface area contributed by atoms with Gasteiger partial charge in [0.05, 0.1) is 24.4 Å². The second-order valence-electron chi connectivity index (χ2n) is 11.7. The van der Waals surface area contributed by atoms with E-state index < -0.39 is 36.4 Å². The van der Waals surface area contributed by atoms with Crippen molar-refractivity contribution in [1.82, 2.24) is 0 Å². The third-order valence-electron chi connectivity index (χ3n) is 6.93. The van der Waals surface area contributed by atoms with Crippen LogP contribution >= 0.6 is 0 Å². The summed E-state index contributed by atoms with van der Waals surface area (Å²) in [5, 5.41) is 73.1. The lowest BCUT2D eigenvalue weighted by molar-refractivity contribution is -0.138. The van der Waals surface area contributed by atoms with Crippen LogP contribution in [0, 0.1) is 0 Å². The third kappa shape index (κ3) is 42.6. The molecule has 0 amide bonds. The van der Waals surface area contributed by atoms with Crippen LogP contribution in [0.5, 0.6) is 0 Å². The normalized spacial score (nSPS) is 15.0. The number of rotatable bonds is 30. The van der Waals surface area contributed by atoms with Crippen LogP contribution in [-0.4, -0.2) is 90.4 Å². The number of aliphatic carboxylic acids is 2. The number of aliphatic hydroxyl groups excluding tert-OH is 6. The molecule has 10 nitrogen and oxygen atoms in total. The van der Waals surface area contributed by atoms with Crippen LogP contribution < -0.4 is 0 Å². The van der Waals surface area contributed by atoms with Crippen molar-refractivity contribution in [2.45, 2.75) is 127 Å². The van der Waals surface area contributed by atoms with Crippen molar-refractivity contribution in [1.29, 1.82) is 0 Å². The van der Waals surface area contributed by atoms with Gasteiger partial charge in [0, 0.05) is 26.1 Å². The van der Waals surface area contributed by atoms with Crippen molar-refractivity contribution in [3.05, 3.63) is 97.2 Å². The van der Waals surface area contributed by atoms with Crippen molar-refractivity contribution < 1.29 is 50.4 Å². The molecule has 284 valence electrons. The number of allylic oxidation sites excluding steroid dienone is 10. The Hall–Kier alpha value is -3.38. The zero-order chi connectivity index (χ0) is 37.5. The number of hydrogen-bond donors (Lipinski definition) is 8. The van der Waals surface area contributed by atoms with E-state index in [1.54, 1.807) is 72.9 Å². The lowest BCUT2D eigenvalue weighted by atomic mass is 10.1. The maximum absolute atomic E-state index is 10.4. The van der Waals surface area contributed by atoms with Gasteiger partial charge in [-0.3, -0.25) is 9.59 Å². The third-order valence-corrected chi connectivity index (χ3v) is 6.93. The van der Waals surface area contributed by atoms with Gasteiger partial charge in [-0.15, -0.1) is 0 Å². The molecule has 0 fully saturated rings. The van der Waals surface area contributed by atoms with E-state index in [1.807, 2.05) is 12.2 Å². The first-order valence-electron chi connectivity index (χ1n) is 17.8. The predicted molar refractivity (Wildman–Crippen MR) is 200 cm³/mol. The maximum atomic E-state index is 10.4. The molecule has 10 heteroatoms. The molecule has 0 aliphatic rings. The smallest absolute Gasteiger partial charge is 0.303 e. The molecule has 4 atom stereocenters. The van der Waals surface area contributed by atoms with E-state index in [2.05, 4.69) is 12.2 Å². The topological polar surface area (TPSA) is 196 Å². The average Bonchev–Trinajstić information content (AvgIpc) is 3.07. The Balaban J connectivity index is 0. The molecule has 0 aromatic rings. The second-order valence-corrected chi connectivity index (χ2v) is 11.7. The fourth-order valence-corrected chi connectivity index (χ4v) is 4.11. The Morgan fingerprint density at radius 2 is 0.760 bits per heavy atom. The van der Waals surface area contributed by atoms with Gasteiger partial charge in [0.25, 0.3) is 0 Å². The van der Waals surface area contributed by atoms with Gasteiger partial charge in [0.15, 0.2) is 0 Å². The van der Waals surface area contributed by atoms with E-state index in [0.29, 0.717) is 38.5 Å². The van der Waals surface area contributed by atoms with Crippen LogP contribution in [0.4, 0.5) is 0 Å². The molecular formula is C40H64O10. The van der Waals surface area contributed by atoms with Gasteiger partial charge in [0.2, 0.25) is 0 Å². The quantitative estimate of drug-likeness (QED) is 0.0240. The number of carboxylic acids is 2. The minimum absolute atomic E-state index is 0.0679. The maximum Gasteiger partial charge on any atom is 0.303 e. The van der Waals surface area contributed by atoms with Crippen molar-refractivity contribution >= 4 is 11.9 Å². The summed E-state index contributed by atoms with van der Waals surface area (Å²) in [4.78, 5) is 20.7. The molecule has 0 aliphatic carbocycles. The van der Waals surface area contributed by atoms with Crippen LogP contribution in [0.1, 0.15) is 103 Å². The number of carboxylic acid groups (broad SMARTS) is 2. The highest BCUT2D eigenvalue weighted by Crippen LogP contribution is 2.05. The van der Waals surface area contributed by atoms with Crippen molar-refractivity contribution in [2.24, 2.45) is 0 Å². The first-order chi connectivity index (χ1) is 24.1. The van der Waals surface area contributed by atoms with Crippen molar-refractivity contribution in [3.63, 3.8) is 0 Å². The van der Waals surface area contributed by atoms with E-state index in [9.17, 15) is 30.0 Å². The molecule has 0 unspecified atom stereocenters. The van der Waals surface area contributed by atoms with E-state index in [4.69, 9.17) is 20.4 Å². The molecule has 0 rings (SSSR count). The molecule has 0 saturated carbocycles. The summed E-state index contributed by atoms with van der Waals surface area (Å²) in [5.41, 5.74) is 0. The van der Waals surface area contributed by atoms with E-state index in [1.165, 1.54) is 0 Å². The Kier molecular flexibility index (Phi) is 37.4. The molecule has 0 aromatic carbocycles. The Morgan fingerprint density at radius 1 is 0.420 bits per heavy atom. The monoisotopic (exact) mass is 704 g/mol. The van der Waals surface area contributed by atoms with Gasteiger partial charge in [-0.05, 0) is 77.0 Å². The SMILES string of the molecule is O=C(O)CCC[C@H](O)C=CC=CC=C[C@H](O)CC=CCCCCCO.O=C(O)CCC[C@H](O)C=CC=CC=C[C@H](O)CC=CCCCCCO. The molecule has 0 aliphatic heterocycles. The van der Waals surface area contributed by atoms with Crippen LogP contribution in [0.15, 0.2) is 97.2 Å². The highest BCUT2D eigenvalue weighted by molar-refractivity contribution is 5.66. The summed E-state index contributed by atoms with van der Waals surface area (Å²) >= 11 is 0. The highest BCUT2D eigenvalue weighted by atomic mass is 16.4. The summed E-state index contributed by atoms with van der Waals surface area (Å²) in [6.07, 6.45) is 37.1. The van der Waals surface area contributed by atoms with Gasteiger partial charge >= 0.3 is 11.9 Å². The lowest BCUT2D eigenvalue weighted by Gasteiger charge is -2.02. The molecule has 0 heterocycles. The molecular weight excluding hydrogens is 640 g/mol. The highest BCUT2D eigenvalue weighted by Gasteiger charge is 2.02. The minimum Gasteiger partial charge on any atom is -0.481 e.